The number of hydrogen-bond donors (Lipinski definition) is 2. The van der Waals surface area contributed by atoms with E-state index in [1.54, 1.807) is 6.07 Å². The summed E-state index contributed by atoms with van der Waals surface area (Å²) in [5.74, 6) is -0.657. The number of amides is 2. The molecule has 154 valence electrons. The lowest BCUT2D eigenvalue weighted by Crippen LogP contribution is -2.28. The summed E-state index contributed by atoms with van der Waals surface area (Å²) >= 11 is 0. The molecule has 2 aromatic carbocycles. The Balaban J connectivity index is 1.65. The first-order valence-corrected chi connectivity index (χ1v) is 9.65. The monoisotopic (exact) mass is 404 g/mol. The molecule has 7 heteroatoms. The van der Waals surface area contributed by atoms with E-state index in [0.717, 1.165) is 21.4 Å². The Morgan fingerprint density at radius 3 is 2.40 bits per heavy atom. The quantitative estimate of drug-likeness (QED) is 0.658. The molecule has 0 unspecified atom stereocenters. The summed E-state index contributed by atoms with van der Waals surface area (Å²) in [5, 5.41) is 9.68. The van der Waals surface area contributed by atoms with Gasteiger partial charge in [0.1, 0.15) is 5.69 Å². The predicted molar refractivity (Wildman–Crippen MR) is 117 cm³/mol. The molecule has 0 saturated heterocycles. The molecule has 7 nitrogen and oxygen atoms in total. The van der Waals surface area contributed by atoms with Crippen molar-refractivity contribution in [2.75, 3.05) is 10.6 Å². The summed E-state index contributed by atoms with van der Waals surface area (Å²) in [6.07, 6.45) is 0.0586. The average molecular weight is 404 g/mol. The second kappa shape index (κ2) is 9.17. The van der Waals surface area contributed by atoms with Gasteiger partial charge in [-0.15, -0.1) is 0 Å². The number of nitrogens with zero attached hydrogens (tertiary/aromatic N) is 2. The van der Waals surface area contributed by atoms with Crippen LogP contribution in [0.25, 0.3) is 0 Å². The van der Waals surface area contributed by atoms with Gasteiger partial charge in [0.2, 0.25) is 5.91 Å². The van der Waals surface area contributed by atoms with E-state index in [2.05, 4.69) is 15.7 Å². The molecule has 3 aromatic rings. The van der Waals surface area contributed by atoms with E-state index in [9.17, 15) is 14.4 Å². The normalized spacial score (nSPS) is 10.5. The first-order valence-electron chi connectivity index (χ1n) is 9.65. The molecule has 1 aromatic heterocycles. The van der Waals surface area contributed by atoms with E-state index in [-0.39, 0.29) is 30.1 Å². The predicted octanol–water partition coefficient (Wildman–Crippen LogP) is 3.45. The summed E-state index contributed by atoms with van der Waals surface area (Å²) in [7, 11) is 0. The summed E-state index contributed by atoms with van der Waals surface area (Å²) in [6, 6.07) is 15.7. The molecule has 0 bridgehead atoms. The molecule has 3 rings (SSSR count). The zero-order valence-electron chi connectivity index (χ0n) is 17.2. The van der Waals surface area contributed by atoms with Gasteiger partial charge in [-0.1, -0.05) is 18.2 Å². The minimum Gasteiger partial charge on any atom is -0.326 e. The fourth-order valence-corrected chi connectivity index (χ4v) is 2.90. The van der Waals surface area contributed by atoms with Gasteiger partial charge in [-0.05, 0) is 67.8 Å². The second-order valence-corrected chi connectivity index (χ2v) is 7.20. The first-order chi connectivity index (χ1) is 14.3. The van der Waals surface area contributed by atoms with E-state index in [0.29, 0.717) is 11.4 Å². The van der Waals surface area contributed by atoms with Gasteiger partial charge in [0.05, 0.1) is 6.54 Å². The zero-order chi connectivity index (χ0) is 21.7. The zero-order valence-corrected chi connectivity index (χ0v) is 17.2. The molecule has 0 atom stereocenters. The van der Waals surface area contributed by atoms with Gasteiger partial charge in [0, 0.05) is 23.9 Å². The number of rotatable bonds is 6. The van der Waals surface area contributed by atoms with Crippen LogP contribution >= 0.6 is 0 Å². The van der Waals surface area contributed by atoms with Crippen LogP contribution in [-0.2, 0) is 11.3 Å². The van der Waals surface area contributed by atoms with Gasteiger partial charge in [-0.3, -0.25) is 14.4 Å². The fourth-order valence-electron chi connectivity index (χ4n) is 2.90. The molecule has 0 fully saturated rings. The summed E-state index contributed by atoms with van der Waals surface area (Å²) in [4.78, 5) is 36.8. The van der Waals surface area contributed by atoms with Crippen LogP contribution in [-0.4, -0.2) is 21.6 Å². The van der Waals surface area contributed by atoms with Crippen LogP contribution in [0, 0.1) is 20.8 Å². The van der Waals surface area contributed by atoms with Crippen molar-refractivity contribution in [3.63, 3.8) is 0 Å². The smallest absolute Gasteiger partial charge is 0.276 e. The maximum Gasteiger partial charge on any atom is 0.276 e. The number of carbonyl (C=O) groups is 2. The molecule has 2 amide bonds. The number of aromatic nitrogens is 2. The number of anilines is 2. The van der Waals surface area contributed by atoms with E-state index in [1.165, 1.54) is 12.1 Å². The van der Waals surface area contributed by atoms with Crippen LogP contribution in [0.1, 0.15) is 33.6 Å². The summed E-state index contributed by atoms with van der Waals surface area (Å²) in [5.41, 5.74) is 4.30. The summed E-state index contributed by atoms with van der Waals surface area (Å²) in [6.45, 7) is 5.97. The Morgan fingerprint density at radius 1 is 0.900 bits per heavy atom. The Hall–Kier alpha value is -3.74. The lowest BCUT2D eigenvalue weighted by molar-refractivity contribution is -0.116. The largest absolute Gasteiger partial charge is 0.326 e. The highest BCUT2D eigenvalue weighted by Crippen LogP contribution is 2.15. The minimum atomic E-state index is -0.420. The van der Waals surface area contributed by atoms with Crippen LogP contribution < -0.4 is 16.2 Å². The van der Waals surface area contributed by atoms with Crippen LogP contribution in [0.15, 0.2) is 59.4 Å². The van der Waals surface area contributed by atoms with Gasteiger partial charge >= 0.3 is 0 Å². The molecule has 30 heavy (non-hydrogen) atoms. The fraction of sp³-hybridized carbons (Fsp3) is 0.217. The number of aryl methyl sites for hydroxylation is 4. The van der Waals surface area contributed by atoms with Gasteiger partial charge < -0.3 is 10.6 Å². The van der Waals surface area contributed by atoms with Crippen LogP contribution in [0.5, 0.6) is 0 Å². The van der Waals surface area contributed by atoms with Crippen molar-refractivity contribution in [2.45, 2.75) is 33.7 Å². The highest BCUT2D eigenvalue weighted by molar-refractivity contribution is 6.02. The highest BCUT2D eigenvalue weighted by Gasteiger charge is 2.12. The average Bonchev–Trinajstić information content (AvgIpc) is 2.70. The van der Waals surface area contributed by atoms with Gasteiger partial charge in [0.15, 0.2) is 0 Å². The van der Waals surface area contributed by atoms with Crippen molar-refractivity contribution in [3.05, 3.63) is 87.3 Å². The van der Waals surface area contributed by atoms with E-state index < -0.39 is 5.91 Å². The van der Waals surface area contributed by atoms with E-state index >= 15 is 0 Å². The molecule has 0 radical (unpaired) electrons. The SMILES string of the molecule is Cc1cccc(NC(=O)CCn2nc(C(=O)Nc3ccc(C)c(C)c3)ccc2=O)c1. The molecule has 0 aliphatic heterocycles. The van der Waals surface area contributed by atoms with Crippen molar-refractivity contribution < 1.29 is 9.59 Å². The topological polar surface area (TPSA) is 93.1 Å². The molecule has 0 aliphatic rings. The van der Waals surface area contributed by atoms with E-state index in [4.69, 9.17) is 0 Å². The number of nitrogens with one attached hydrogen (secondary N) is 2. The third kappa shape index (κ3) is 5.41. The molecular weight excluding hydrogens is 380 g/mol. The van der Waals surface area contributed by atoms with Crippen molar-refractivity contribution >= 4 is 23.2 Å². The first kappa shape index (κ1) is 21.0. The Labute approximate surface area is 174 Å². The Kier molecular flexibility index (Phi) is 6.41. The van der Waals surface area contributed by atoms with Crippen LogP contribution in [0.4, 0.5) is 11.4 Å². The van der Waals surface area contributed by atoms with Crippen LogP contribution in [0.3, 0.4) is 0 Å². The van der Waals surface area contributed by atoms with Gasteiger partial charge in [-0.25, -0.2) is 4.68 Å². The van der Waals surface area contributed by atoms with Crippen molar-refractivity contribution in [2.24, 2.45) is 0 Å². The maximum absolute atomic E-state index is 12.5. The van der Waals surface area contributed by atoms with Gasteiger partial charge in [-0.2, -0.15) is 5.10 Å². The highest BCUT2D eigenvalue weighted by atomic mass is 16.2. The van der Waals surface area contributed by atoms with Crippen molar-refractivity contribution in [3.8, 4) is 0 Å². The lowest BCUT2D eigenvalue weighted by Gasteiger charge is -2.10. The lowest BCUT2D eigenvalue weighted by atomic mass is 10.1. The molecular formula is C23H24N4O3. The van der Waals surface area contributed by atoms with Crippen molar-refractivity contribution in [1.29, 1.82) is 0 Å². The molecule has 0 aliphatic carbocycles. The Morgan fingerprint density at radius 2 is 1.67 bits per heavy atom. The minimum absolute atomic E-state index is 0.0586. The van der Waals surface area contributed by atoms with Crippen LogP contribution in [0.2, 0.25) is 0 Å². The van der Waals surface area contributed by atoms with Gasteiger partial charge in [0.25, 0.3) is 11.5 Å². The molecule has 0 saturated carbocycles. The number of carbonyl (C=O) groups excluding carboxylic acids is 2. The standard InChI is InChI=1S/C23H24N4O3/c1-15-5-4-6-18(13-15)24-21(28)11-12-27-22(29)10-9-20(26-27)23(30)25-19-8-7-16(2)17(3)14-19/h4-10,13-14H,11-12H2,1-3H3,(H,24,28)(H,25,30). The molecule has 1 heterocycles. The van der Waals surface area contributed by atoms with E-state index in [1.807, 2.05) is 57.2 Å². The number of hydrogen-bond acceptors (Lipinski definition) is 4. The third-order valence-electron chi connectivity index (χ3n) is 4.72. The number of benzene rings is 2. The summed E-state index contributed by atoms with van der Waals surface area (Å²) < 4.78 is 1.13. The molecule has 0 spiro atoms. The van der Waals surface area contributed by atoms with Crippen molar-refractivity contribution in [1.82, 2.24) is 9.78 Å². The Bertz CT molecular complexity index is 1150. The third-order valence-corrected chi connectivity index (χ3v) is 4.72. The maximum atomic E-state index is 12.5. The molecule has 2 N–H and O–H groups in total. The second-order valence-electron chi connectivity index (χ2n) is 7.20.